The first-order valence-electron chi connectivity index (χ1n) is 9.67. The summed E-state index contributed by atoms with van der Waals surface area (Å²) >= 11 is 1.11. The lowest BCUT2D eigenvalue weighted by Gasteiger charge is -2.35. The molecular weight excluding hydrogens is 410 g/mol. The van der Waals surface area contributed by atoms with Crippen LogP contribution in [0, 0.1) is 5.92 Å². The molecule has 0 saturated carbocycles. The number of thiazole rings is 1. The number of nitrogens with zero attached hydrogens (tertiary/aromatic N) is 5. The monoisotopic (exact) mass is 432 g/mol. The maximum Gasteiger partial charge on any atom is 0.281 e. The van der Waals surface area contributed by atoms with Crippen LogP contribution in [-0.2, 0) is 0 Å². The molecule has 0 amide bonds. The van der Waals surface area contributed by atoms with Gasteiger partial charge in [-0.25, -0.2) is 18.7 Å². The van der Waals surface area contributed by atoms with Crippen LogP contribution < -0.4 is 10.2 Å². The number of aromatic hydroxyl groups is 1. The van der Waals surface area contributed by atoms with Crippen LogP contribution in [0.1, 0.15) is 26.0 Å². The number of hydrogen-bond donors (Lipinski definition) is 2. The van der Waals surface area contributed by atoms with Crippen molar-refractivity contribution in [3.05, 3.63) is 35.5 Å². The maximum atomic E-state index is 12.8. The van der Waals surface area contributed by atoms with Crippen molar-refractivity contribution in [1.82, 2.24) is 25.5 Å². The maximum absolute atomic E-state index is 12.8. The number of alkyl halides is 2. The van der Waals surface area contributed by atoms with Crippen molar-refractivity contribution in [2.45, 2.75) is 26.3 Å². The number of aromatic nitrogens is 4. The minimum atomic E-state index is -2.62. The van der Waals surface area contributed by atoms with Crippen molar-refractivity contribution in [1.29, 1.82) is 0 Å². The van der Waals surface area contributed by atoms with Crippen molar-refractivity contribution >= 4 is 17.3 Å². The molecule has 1 saturated heterocycles. The Labute approximate surface area is 176 Å². The van der Waals surface area contributed by atoms with E-state index in [2.05, 4.69) is 44.2 Å². The number of piperazine rings is 1. The minimum absolute atomic E-state index is 0.0350. The van der Waals surface area contributed by atoms with E-state index < -0.39 is 6.43 Å². The van der Waals surface area contributed by atoms with E-state index in [-0.39, 0.29) is 11.4 Å². The molecule has 1 atom stereocenters. The summed E-state index contributed by atoms with van der Waals surface area (Å²) in [5.74, 6) is 1.03. The van der Waals surface area contributed by atoms with Gasteiger partial charge in [0.25, 0.3) is 6.43 Å². The average molecular weight is 433 g/mol. The second-order valence-electron chi connectivity index (χ2n) is 7.50. The highest BCUT2D eigenvalue weighted by Crippen LogP contribution is 2.34. The third-order valence-corrected chi connectivity index (χ3v) is 6.02. The van der Waals surface area contributed by atoms with Crippen molar-refractivity contribution in [3.8, 4) is 27.6 Å². The van der Waals surface area contributed by atoms with Gasteiger partial charge in [-0.2, -0.15) is 0 Å². The lowest BCUT2D eigenvalue weighted by atomic mass is 10.0. The van der Waals surface area contributed by atoms with E-state index in [1.54, 1.807) is 18.3 Å². The molecule has 30 heavy (non-hydrogen) atoms. The number of phenols is 1. The minimum Gasteiger partial charge on any atom is -0.507 e. The summed E-state index contributed by atoms with van der Waals surface area (Å²) < 4.78 is 25.5. The lowest BCUT2D eigenvalue weighted by Crippen LogP contribution is -2.53. The van der Waals surface area contributed by atoms with Crippen LogP contribution >= 0.6 is 11.3 Å². The van der Waals surface area contributed by atoms with Crippen LogP contribution in [0.25, 0.3) is 21.8 Å². The van der Waals surface area contributed by atoms with Gasteiger partial charge in [-0.05, 0) is 18.1 Å². The number of nitrogens with one attached hydrogen (secondary N) is 1. The zero-order chi connectivity index (χ0) is 21.3. The predicted octanol–water partition coefficient (Wildman–Crippen LogP) is 3.74. The van der Waals surface area contributed by atoms with Crippen LogP contribution in [0.5, 0.6) is 5.75 Å². The van der Waals surface area contributed by atoms with Gasteiger partial charge in [0.1, 0.15) is 22.1 Å². The largest absolute Gasteiger partial charge is 0.507 e. The van der Waals surface area contributed by atoms with Gasteiger partial charge < -0.3 is 15.3 Å². The molecule has 1 unspecified atom stereocenters. The normalized spacial score (nSPS) is 17.1. The Balaban J connectivity index is 1.52. The fourth-order valence-electron chi connectivity index (χ4n) is 3.34. The summed E-state index contributed by atoms with van der Waals surface area (Å²) in [5, 5.41) is 24.2. The third kappa shape index (κ3) is 4.24. The van der Waals surface area contributed by atoms with Crippen molar-refractivity contribution in [2.75, 3.05) is 24.5 Å². The van der Waals surface area contributed by atoms with E-state index in [0.717, 1.165) is 31.0 Å². The van der Waals surface area contributed by atoms with Crippen molar-refractivity contribution in [2.24, 2.45) is 5.92 Å². The Bertz CT molecular complexity index is 1010. The predicted molar refractivity (Wildman–Crippen MR) is 112 cm³/mol. The van der Waals surface area contributed by atoms with Crippen LogP contribution in [0.15, 0.2) is 29.8 Å². The molecule has 3 aromatic rings. The summed E-state index contributed by atoms with van der Waals surface area (Å²) in [6.45, 7) is 6.83. The summed E-state index contributed by atoms with van der Waals surface area (Å²) in [6, 6.07) is 5.24. The van der Waals surface area contributed by atoms with Gasteiger partial charge in [0.15, 0.2) is 0 Å². The Morgan fingerprint density at radius 2 is 2.10 bits per heavy atom. The standard InChI is InChI=1S/C20H22F2N6OS/c1-11(2)15-9-28(6-5-23-15)20-24-8-14(26-27-20)13-4-3-12(7-17(13)29)19-25-16(10-30-19)18(21)22/h3-4,7-8,10-11,15,18,23,29H,5-6,9H2,1-2H3. The molecule has 4 rings (SSSR count). The molecule has 2 N–H and O–H groups in total. The molecule has 3 heterocycles. The molecule has 1 fully saturated rings. The zero-order valence-corrected chi connectivity index (χ0v) is 17.4. The van der Waals surface area contributed by atoms with Gasteiger partial charge in [0, 0.05) is 42.2 Å². The second-order valence-corrected chi connectivity index (χ2v) is 8.36. The number of anilines is 1. The van der Waals surface area contributed by atoms with E-state index in [4.69, 9.17) is 0 Å². The lowest BCUT2D eigenvalue weighted by molar-refractivity contribution is 0.147. The summed E-state index contributed by atoms with van der Waals surface area (Å²) in [5.41, 5.74) is 1.20. The molecular formula is C20H22F2N6OS. The Kier molecular flexibility index (Phi) is 5.87. The van der Waals surface area contributed by atoms with E-state index in [0.29, 0.717) is 39.7 Å². The first-order chi connectivity index (χ1) is 14.4. The average Bonchev–Trinajstić information content (AvgIpc) is 3.25. The molecule has 1 aliphatic heterocycles. The van der Waals surface area contributed by atoms with Crippen LogP contribution in [0.4, 0.5) is 14.7 Å². The van der Waals surface area contributed by atoms with Crippen LogP contribution in [0.3, 0.4) is 0 Å². The summed E-state index contributed by atoms with van der Waals surface area (Å²) in [7, 11) is 0. The van der Waals surface area contributed by atoms with Gasteiger partial charge >= 0.3 is 0 Å². The van der Waals surface area contributed by atoms with Crippen molar-refractivity contribution < 1.29 is 13.9 Å². The zero-order valence-electron chi connectivity index (χ0n) is 16.6. The topological polar surface area (TPSA) is 87.1 Å². The van der Waals surface area contributed by atoms with Crippen LogP contribution in [-0.4, -0.2) is 50.9 Å². The number of benzene rings is 1. The second kappa shape index (κ2) is 8.57. The highest BCUT2D eigenvalue weighted by Gasteiger charge is 2.24. The van der Waals surface area contributed by atoms with Gasteiger partial charge in [-0.1, -0.05) is 19.9 Å². The fourth-order valence-corrected chi connectivity index (χ4v) is 4.15. The molecule has 1 aliphatic rings. The van der Waals surface area contributed by atoms with E-state index in [1.165, 1.54) is 11.4 Å². The number of halogens is 2. The van der Waals surface area contributed by atoms with Gasteiger partial charge in [-0.3, -0.25) is 0 Å². The Morgan fingerprint density at radius 3 is 2.73 bits per heavy atom. The molecule has 0 spiro atoms. The van der Waals surface area contributed by atoms with E-state index in [1.807, 2.05) is 0 Å². The molecule has 0 aliphatic carbocycles. The van der Waals surface area contributed by atoms with Gasteiger partial charge in [0.2, 0.25) is 5.95 Å². The fraction of sp³-hybridized carbons (Fsp3) is 0.400. The SMILES string of the molecule is CC(C)C1CN(c2ncc(-c3ccc(-c4nc(C(F)F)cs4)cc3O)nn2)CCN1. The van der Waals surface area contributed by atoms with E-state index in [9.17, 15) is 13.9 Å². The first kappa shape index (κ1) is 20.5. The van der Waals surface area contributed by atoms with E-state index >= 15 is 0 Å². The number of phenolic OH excluding ortho intramolecular Hbond substituents is 1. The Morgan fingerprint density at radius 1 is 1.27 bits per heavy atom. The van der Waals surface area contributed by atoms with Gasteiger partial charge in [0.05, 0.1) is 6.20 Å². The molecule has 0 bridgehead atoms. The first-order valence-corrected chi connectivity index (χ1v) is 10.6. The molecule has 7 nitrogen and oxygen atoms in total. The quantitative estimate of drug-likeness (QED) is 0.635. The molecule has 2 aromatic heterocycles. The molecule has 1 aromatic carbocycles. The third-order valence-electron chi connectivity index (χ3n) is 5.11. The summed E-state index contributed by atoms with van der Waals surface area (Å²) in [6.07, 6.45) is -1.03. The number of hydrogen-bond acceptors (Lipinski definition) is 8. The molecule has 158 valence electrons. The highest BCUT2D eigenvalue weighted by molar-refractivity contribution is 7.13. The van der Waals surface area contributed by atoms with Crippen molar-refractivity contribution in [3.63, 3.8) is 0 Å². The number of rotatable bonds is 5. The Hall–Kier alpha value is -2.72. The molecule has 0 radical (unpaired) electrons. The smallest absolute Gasteiger partial charge is 0.281 e. The summed E-state index contributed by atoms with van der Waals surface area (Å²) in [4.78, 5) is 10.4. The van der Waals surface area contributed by atoms with Crippen LogP contribution in [0.2, 0.25) is 0 Å². The molecule has 10 heteroatoms. The highest BCUT2D eigenvalue weighted by atomic mass is 32.1. The van der Waals surface area contributed by atoms with Gasteiger partial charge in [-0.15, -0.1) is 21.5 Å².